The summed E-state index contributed by atoms with van der Waals surface area (Å²) in [5, 5.41) is 13.1. The lowest BCUT2D eigenvalue weighted by atomic mass is 9.72. The van der Waals surface area contributed by atoms with E-state index in [1.807, 2.05) is 0 Å². The number of ether oxygens (including phenoxy) is 2. The molecule has 1 aromatic carbocycles. The van der Waals surface area contributed by atoms with Crippen molar-refractivity contribution in [2.24, 2.45) is 11.3 Å². The highest BCUT2D eigenvalue weighted by molar-refractivity contribution is 7.16. The van der Waals surface area contributed by atoms with Gasteiger partial charge in [-0.25, -0.2) is 0 Å². The van der Waals surface area contributed by atoms with E-state index in [1.54, 1.807) is 31.4 Å². The van der Waals surface area contributed by atoms with Gasteiger partial charge in [0.25, 0.3) is 5.91 Å². The number of benzene rings is 1. The van der Waals surface area contributed by atoms with Gasteiger partial charge in [0.2, 0.25) is 0 Å². The van der Waals surface area contributed by atoms with Gasteiger partial charge in [-0.15, -0.1) is 11.3 Å². The number of carbonyl (C=O) groups excluding carboxylic acids is 1. The van der Waals surface area contributed by atoms with Crippen molar-refractivity contribution in [2.45, 2.75) is 40.0 Å². The van der Waals surface area contributed by atoms with Crippen LogP contribution in [-0.4, -0.2) is 19.6 Å². The molecule has 0 radical (unpaired) electrons. The quantitative estimate of drug-likeness (QED) is 0.785. The van der Waals surface area contributed by atoms with E-state index < -0.39 is 0 Å². The number of carbonyl (C=O) groups is 1. The summed E-state index contributed by atoms with van der Waals surface area (Å²) in [5.74, 6) is 1.65. The Kier molecular flexibility index (Phi) is 5.95. The van der Waals surface area contributed by atoms with E-state index in [-0.39, 0.29) is 17.9 Å². The number of hydrogen-bond donors (Lipinski definition) is 1. The van der Waals surface area contributed by atoms with Gasteiger partial charge in [-0.05, 0) is 60.4 Å². The van der Waals surface area contributed by atoms with Gasteiger partial charge in [0.15, 0.2) is 6.61 Å². The number of amides is 1. The maximum absolute atomic E-state index is 12.3. The Labute approximate surface area is 170 Å². The predicted molar refractivity (Wildman–Crippen MR) is 111 cm³/mol. The van der Waals surface area contributed by atoms with Crippen LogP contribution in [0.3, 0.4) is 0 Å². The molecule has 1 atom stereocenters. The van der Waals surface area contributed by atoms with E-state index in [0.717, 1.165) is 30.6 Å². The molecule has 148 valence electrons. The minimum absolute atomic E-state index is 0.107. The molecule has 6 heteroatoms. The van der Waals surface area contributed by atoms with Crippen LogP contribution in [-0.2, 0) is 17.6 Å². The van der Waals surface area contributed by atoms with E-state index in [1.165, 1.54) is 16.2 Å². The number of thiophene rings is 1. The summed E-state index contributed by atoms with van der Waals surface area (Å²) in [7, 11) is 1.60. The molecule has 0 fully saturated rings. The molecule has 1 aromatic heterocycles. The third-order valence-corrected chi connectivity index (χ3v) is 6.45. The third kappa shape index (κ3) is 4.48. The minimum Gasteiger partial charge on any atom is -0.497 e. The molecule has 28 heavy (non-hydrogen) atoms. The maximum Gasteiger partial charge on any atom is 0.262 e. The molecule has 1 N–H and O–H groups in total. The molecule has 2 aromatic rings. The molecule has 5 nitrogen and oxygen atoms in total. The van der Waals surface area contributed by atoms with Crippen molar-refractivity contribution in [1.29, 1.82) is 5.26 Å². The van der Waals surface area contributed by atoms with E-state index in [0.29, 0.717) is 22.2 Å². The molecule has 3 rings (SSSR count). The van der Waals surface area contributed by atoms with Crippen molar-refractivity contribution in [3.05, 3.63) is 40.3 Å². The molecule has 0 unspecified atom stereocenters. The van der Waals surface area contributed by atoms with Crippen LogP contribution in [0.2, 0.25) is 0 Å². The Bertz CT molecular complexity index is 888. The minimum atomic E-state index is -0.265. The topological polar surface area (TPSA) is 71.3 Å². The number of nitrogens with zero attached hydrogens (tertiary/aromatic N) is 1. The highest BCUT2D eigenvalue weighted by Crippen LogP contribution is 2.43. The largest absolute Gasteiger partial charge is 0.497 e. The fourth-order valence-electron chi connectivity index (χ4n) is 3.52. The lowest BCUT2D eigenvalue weighted by Gasteiger charge is -2.33. The smallest absolute Gasteiger partial charge is 0.262 e. The molecule has 0 spiro atoms. The van der Waals surface area contributed by atoms with Gasteiger partial charge in [0, 0.05) is 4.88 Å². The van der Waals surface area contributed by atoms with Gasteiger partial charge < -0.3 is 14.8 Å². The molecular formula is C22H26N2O3S. The second kappa shape index (κ2) is 8.24. The van der Waals surface area contributed by atoms with Crippen molar-refractivity contribution in [2.75, 3.05) is 19.0 Å². The second-order valence-electron chi connectivity index (χ2n) is 8.14. The molecule has 1 heterocycles. The summed E-state index contributed by atoms with van der Waals surface area (Å²) in [6, 6.07) is 9.35. The number of fused-ring (bicyclic) bond motifs is 1. The van der Waals surface area contributed by atoms with Crippen molar-refractivity contribution in [1.82, 2.24) is 0 Å². The summed E-state index contributed by atoms with van der Waals surface area (Å²) in [6.07, 6.45) is 2.95. The SMILES string of the molecule is COc1ccc(OCC(=O)Nc2sc3c(c2C#N)CC[C@H](C(C)(C)C)C3)cc1. The van der Waals surface area contributed by atoms with Crippen LogP contribution < -0.4 is 14.8 Å². The first-order valence-electron chi connectivity index (χ1n) is 9.43. The molecular weight excluding hydrogens is 372 g/mol. The Morgan fingerprint density at radius 1 is 1.29 bits per heavy atom. The van der Waals surface area contributed by atoms with Crippen LogP contribution in [0.25, 0.3) is 0 Å². The zero-order valence-electron chi connectivity index (χ0n) is 16.8. The lowest BCUT2D eigenvalue weighted by molar-refractivity contribution is -0.118. The maximum atomic E-state index is 12.3. The summed E-state index contributed by atoms with van der Waals surface area (Å²) in [5.41, 5.74) is 1.97. The molecule has 0 saturated heterocycles. The zero-order chi connectivity index (χ0) is 20.3. The van der Waals surface area contributed by atoms with Gasteiger partial charge in [0.1, 0.15) is 22.6 Å². The first kappa shape index (κ1) is 20.2. The number of nitriles is 1. The standard InChI is InChI=1S/C22H26N2O3S/c1-22(2,3)14-5-10-17-18(12-23)21(28-19(17)11-14)24-20(25)13-27-16-8-6-15(26-4)7-9-16/h6-9,14H,5,10-11,13H2,1-4H3,(H,24,25)/t14-/m0/s1. The molecule has 0 aliphatic heterocycles. The number of anilines is 1. The van der Waals surface area contributed by atoms with Gasteiger partial charge in [0.05, 0.1) is 12.7 Å². The summed E-state index contributed by atoms with van der Waals surface area (Å²) in [4.78, 5) is 13.6. The molecule has 0 saturated carbocycles. The highest BCUT2D eigenvalue weighted by atomic mass is 32.1. The van der Waals surface area contributed by atoms with Crippen molar-refractivity contribution >= 4 is 22.2 Å². The summed E-state index contributed by atoms with van der Waals surface area (Å²) in [6.45, 7) is 6.69. The number of rotatable bonds is 5. The van der Waals surface area contributed by atoms with E-state index >= 15 is 0 Å². The summed E-state index contributed by atoms with van der Waals surface area (Å²) < 4.78 is 10.6. The first-order chi connectivity index (χ1) is 13.3. The number of methoxy groups -OCH3 is 1. The van der Waals surface area contributed by atoms with E-state index in [9.17, 15) is 10.1 Å². The Morgan fingerprint density at radius 3 is 2.57 bits per heavy atom. The fourth-order valence-corrected chi connectivity index (χ4v) is 4.81. The first-order valence-corrected chi connectivity index (χ1v) is 10.2. The fraction of sp³-hybridized carbons (Fsp3) is 0.455. The molecule has 1 amide bonds. The normalized spacial score (nSPS) is 16.0. The Balaban J connectivity index is 1.66. The second-order valence-corrected chi connectivity index (χ2v) is 9.24. The molecule has 1 aliphatic carbocycles. The average molecular weight is 399 g/mol. The van der Waals surface area contributed by atoms with Crippen molar-refractivity contribution < 1.29 is 14.3 Å². The van der Waals surface area contributed by atoms with Crippen LogP contribution in [0.15, 0.2) is 24.3 Å². The Hall–Kier alpha value is -2.52. The van der Waals surface area contributed by atoms with Crippen LogP contribution in [0.5, 0.6) is 11.5 Å². The van der Waals surface area contributed by atoms with Gasteiger partial charge in [-0.3, -0.25) is 4.79 Å². The Morgan fingerprint density at radius 2 is 1.96 bits per heavy atom. The van der Waals surface area contributed by atoms with Crippen LogP contribution in [0.1, 0.15) is 43.2 Å². The van der Waals surface area contributed by atoms with Gasteiger partial charge >= 0.3 is 0 Å². The highest BCUT2D eigenvalue weighted by Gasteiger charge is 2.32. The monoisotopic (exact) mass is 398 g/mol. The van der Waals surface area contributed by atoms with Gasteiger partial charge in [-0.2, -0.15) is 5.26 Å². The van der Waals surface area contributed by atoms with Crippen molar-refractivity contribution in [3.8, 4) is 17.6 Å². The number of nitrogens with one attached hydrogen (secondary N) is 1. The average Bonchev–Trinajstić information content (AvgIpc) is 3.02. The van der Waals surface area contributed by atoms with Gasteiger partial charge in [-0.1, -0.05) is 20.8 Å². The summed E-state index contributed by atoms with van der Waals surface area (Å²) >= 11 is 1.53. The molecule has 0 bridgehead atoms. The van der Waals surface area contributed by atoms with Crippen LogP contribution in [0.4, 0.5) is 5.00 Å². The van der Waals surface area contributed by atoms with Crippen LogP contribution >= 0.6 is 11.3 Å². The third-order valence-electron chi connectivity index (χ3n) is 5.28. The molecule has 1 aliphatic rings. The van der Waals surface area contributed by atoms with Crippen molar-refractivity contribution in [3.63, 3.8) is 0 Å². The van der Waals surface area contributed by atoms with E-state index in [4.69, 9.17) is 9.47 Å². The number of hydrogen-bond acceptors (Lipinski definition) is 5. The zero-order valence-corrected chi connectivity index (χ0v) is 17.6. The lowest BCUT2D eigenvalue weighted by Crippen LogP contribution is -2.26. The van der Waals surface area contributed by atoms with Crippen LogP contribution in [0, 0.1) is 22.7 Å². The van der Waals surface area contributed by atoms with E-state index in [2.05, 4.69) is 32.2 Å². The predicted octanol–water partition coefficient (Wildman–Crippen LogP) is 4.80.